The van der Waals surface area contributed by atoms with Gasteiger partial charge in [-0.2, -0.15) is 0 Å². The van der Waals surface area contributed by atoms with Crippen LogP contribution in [0.4, 0.5) is 0 Å². The molecule has 3 rings (SSSR count). The number of hydrogen-bond donors (Lipinski definition) is 1. The summed E-state index contributed by atoms with van der Waals surface area (Å²) >= 11 is 0. The molecule has 0 spiro atoms. The Morgan fingerprint density at radius 2 is 1.95 bits per heavy atom. The molecule has 1 aliphatic carbocycles. The number of benzene rings is 1. The second-order valence-electron chi connectivity index (χ2n) is 7.12. The normalized spacial score (nSPS) is 30.4. The summed E-state index contributed by atoms with van der Waals surface area (Å²) in [4.78, 5) is 2.83. The minimum absolute atomic E-state index is 0.489. The lowest BCUT2D eigenvalue weighted by atomic mass is 9.93. The molecule has 0 aromatic heterocycles. The van der Waals surface area contributed by atoms with Gasteiger partial charge >= 0.3 is 0 Å². The van der Waals surface area contributed by atoms with Gasteiger partial charge in [-0.1, -0.05) is 38.1 Å². The van der Waals surface area contributed by atoms with Crippen LogP contribution in [-0.4, -0.2) is 30.6 Å². The van der Waals surface area contributed by atoms with E-state index in [0.717, 1.165) is 12.0 Å². The summed E-state index contributed by atoms with van der Waals surface area (Å²) in [5.74, 6) is 0.767. The van der Waals surface area contributed by atoms with Crippen LogP contribution in [0.3, 0.4) is 0 Å². The molecule has 21 heavy (non-hydrogen) atoms. The predicted octanol–water partition coefficient (Wildman–Crippen LogP) is 3.77. The molecule has 3 atom stereocenters. The molecule has 0 bridgehead atoms. The second-order valence-corrected chi connectivity index (χ2v) is 7.12. The van der Waals surface area contributed by atoms with Crippen molar-refractivity contribution in [3.63, 3.8) is 0 Å². The fourth-order valence-electron chi connectivity index (χ4n) is 4.59. The van der Waals surface area contributed by atoms with Gasteiger partial charge in [0.15, 0.2) is 0 Å². The maximum atomic E-state index is 3.64. The van der Waals surface area contributed by atoms with Crippen LogP contribution in [-0.2, 0) is 6.42 Å². The van der Waals surface area contributed by atoms with Crippen molar-refractivity contribution in [3.8, 4) is 0 Å². The number of likely N-dealkylation sites (N-methyl/N-ethyl adjacent to an activating group) is 1. The van der Waals surface area contributed by atoms with Gasteiger partial charge in [-0.3, -0.25) is 4.90 Å². The maximum Gasteiger partial charge on any atom is 0.0478 e. The number of rotatable bonds is 3. The molecule has 0 radical (unpaired) electrons. The highest BCUT2D eigenvalue weighted by Gasteiger charge is 2.37. The fraction of sp³-hybridized carbons (Fsp3) is 0.684. The largest absolute Gasteiger partial charge is 0.312 e. The molecule has 1 saturated heterocycles. The molecule has 0 saturated carbocycles. The number of nitrogens with zero attached hydrogens (tertiary/aromatic N) is 1. The van der Waals surface area contributed by atoms with Crippen molar-refractivity contribution in [2.24, 2.45) is 5.92 Å². The van der Waals surface area contributed by atoms with E-state index < -0.39 is 0 Å². The van der Waals surface area contributed by atoms with Gasteiger partial charge < -0.3 is 5.32 Å². The Balaban J connectivity index is 1.91. The number of aryl methyl sites for hydroxylation is 1. The number of likely N-dealkylation sites (tertiary alicyclic amines) is 1. The Labute approximate surface area is 129 Å². The highest BCUT2D eigenvalue weighted by atomic mass is 15.2. The summed E-state index contributed by atoms with van der Waals surface area (Å²) in [7, 11) is 2.14. The van der Waals surface area contributed by atoms with Crippen LogP contribution in [0, 0.1) is 5.92 Å². The van der Waals surface area contributed by atoms with E-state index in [1.54, 1.807) is 5.56 Å². The topological polar surface area (TPSA) is 15.3 Å². The van der Waals surface area contributed by atoms with E-state index in [0.29, 0.717) is 12.1 Å². The zero-order valence-electron chi connectivity index (χ0n) is 13.8. The number of nitrogens with one attached hydrogen (secondary N) is 1. The van der Waals surface area contributed by atoms with E-state index in [4.69, 9.17) is 0 Å². The quantitative estimate of drug-likeness (QED) is 0.851. The third-order valence-corrected chi connectivity index (χ3v) is 5.57. The minimum atomic E-state index is 0.489. The first-order valence-electron chi connectivity index (χ1n) is 8.73. The molecule has 1 aromatic carbocycles. The summed E-state index contributed by atoms with van der Waals surface area (Å²) in [6.07, 6.45) is 6.64. The first-order valence-corrected chi connectivity index (χ1v) is 8.73. The number of fused-ring (bicyclic) bond motifs is 1. The summed E-state index contributed by atoms with van der Waals surface area (Å²) in [6, 6.07) is 11.0. The lowest BCUT2D eigenvalue weighted by Crippen LogP contribution is -2.47. The molecule has 2 heteroatoms. The SMILES string of the molecule is CNC1c2ccccc2CCCC1N1CCCC1C(C)C. The first-order chi connectivity index (χ1) is 10.2. The van der Waals surface area contributed by atoms with E-state index in [2.05, 4.69) is 55.4 Å². The maximum absolute atomic E-state index is 3.64. The zero-order chi connectivity index (χ0) is 14.8. The Kier molecular flexibility index (Phi) is 4.66. The van der Waals surface area contributed by atoms with Crippen molar-refractivity contribution >= 4 is 0 Å². The van der Waals surface area contributed by atoms with Gasteiger partial charge in [0.1, 0.15) is 0 Å². The third kappa shape index (κ3) is 2.89. The van der Waals surface area contributed by atoms with E-state index >= 15 is 0 Å². The van der Waals surface area contributed by atoms with Crippen molar-refractivity contribution in [3.05, 3.63) is 35.4 Å². The Bertz CT molecular complexity index is 468. The standard InChI is InChI=1S/C19H30N2/c1-14(2)17-12-7-13-21(17)18-11-6-9-15-8-4-5-10-16(15)19(18)20-3/h4-5,8,10,14,17-20H,6-7,9,11-13H2,1-3H3. The molecule has 0 amide bonds. The van der Waals surface area contributed by atoms with Crippen LogP contribution in [0.1, 0.15) is 56.7 Å². The molecule has 1 aliphatic heterocycles. The van der Waals surface area contributed by atoms with Crippen molar-refractivity contribution in [2.75, 3.05) is 13.6 Å². The average molecular weight is 286 g/mol. The van der Waals surface area contributed by atoms with E-state index in [1.807, 2.05) is 0 Å². The van der Waals surface area contributed by atoms with Gasteiger partial charge in [0.05, 0.1) is 0 Å². The van der Waals surface area contributed by atoms with Crippen LogP contribution in [0.2, 0.25) is 0 Å². The van der Waals surface area contributed by atoms with E-state index in [1.165, 1.54) is 44.2 Å². The molecule has 1 heterocycles. The third-order valence-electron chi connectivity index (χ3n) is 5.57. The Morgan fingerprint density at radius 3 is 2.71 bits per heavy atom. The second kappa shape index (κ2) is 6.50. The van der Waals surface area contributed by atoms with Crippen molar-refractivity contribution < 1.29 is 0 Å². The van der Waals surface area contributed by atoms with E-state index in [9.17, 15) is 0 Å². The van der Waals surface area contributed by atoms with Crippen molar-refractivity contribution in [1.82, 2.24) is 10.2 Å². The lowest BCUT2D eigenvalue weighted by Gasteiger charge is -2.39. The average Bonchev–Trinajstić information content (AvgIpc) is 2.89. The Hall–Kier alpha value is -0.860. The molecule has 1 aromatic rings. The van der Waals surface area contributed by atoms with Crippen LogP contribution < -0.4 is 5.32 Å². The molecule has 2 nitrogen and oxygen atoms in total. The molecule has 1 N–H and O–H groups in total. The first kappa shape index (κ1) is 15.1. The Morgan fingerprint density at radius 1 is 1.14 bits per heavy atom. The summed E-state index contributed by atoms with van der Waals surface area (Å²) in [5, 5.41) is 3.64. The van der Waals surface area contributed by atoms with E-state index in [-0.39, 0.29) is 0 Å². The molecule has 116 valence electrons. The van der Waals surface area contributed by atoms with Crippen molar-refractivity contribution in [2.45, 2.75) is 64.1 Å². The monoisotopic (exact) mass is 286 g/mol. The molecule has 3 unspecified atom stereocenters. The van der Waals surface area contributed by atoms with Crippen LogP contribution in [0.15, 0.2) is 24.3 Å². The summed E-state index contributed by atoms with van der Waals surface area (Å²) in [5.41, 5.74) is 3.09. The molecular formula is C19H30N2. The fourth-order valence-corrected chi connectivity index (χ4v) is 4.59. The van der Waals surface area contributed by atoms with Crippen LogP contribution in [0.5, 0.6) is 0 Å². The highest BCUT2D eigenvalue weighted by molar-refractivity contribution is 5.32. The summed E-state index contributed by atoms with van der Waals surface area (Å²) < 4.78 is 0. The minimum Gasteiger partial charge on any atom is -0.312 e. The zero-order valence-corrected chi connectivity index (χ0v) is 13.8. The number of hydrogen-bond acceptors (Lipinski definition) is 2. The van der Waals surface area contributed by atoms with Gasteiger partial charge in [-0.05, 0) is 62.7 Å². The predicted molar refractivity (Wildman–Crippen MR) is 89.5 cm³/mol. The van der Waals surface area contributed by atoms with Crippen molar-refractivity contribution in [1.29, 1.82) is 0 Å². The van der Waals surface area contributed by atoms with Gasteiger partial charge in [0.2, 0.25) is 0 Å². The molecule has 1 fully saturated rings. The molecular weight excluding hydrogens is 256 g/mol. The van der Waals surface area contributed by atoms with Gasteiger partial charge in [0.25, 0.3) is 0 Å². The van der Waals surface area contributed by atoms with Gasteiger partial charge in [-0.15, -0.1) is 0 Å². The van der Waals surface area contributed by atoms with Gasteiger partial charge in [0, 0.05) is 18.1 Å². The smallest absolute Gasteiger partial charge is 0.0478 e. The highest BCUT2D eigenvalue weighted by Crippen LogP contribution is 2.36. The van der Waals surface area contributed by atoms with Crippen LogP contribution in [0.25, 0.3) is 0 Å². The lowest BCUT2D eigenvalue weighted by molar-refractivity contribution is 0.111. The van der Waals surface area contributed by atoms with Crippen LogP contribution >= 0.6 is 0 Å². The molecule has 2 aliphatic rings. The summed E-state index contributed by atoms with van der Waals surface area (Å²) in [6.45, 7) is 6.07. The van der Waals surface area contributed by atoms with Gasteiger partial charge in [-0.25, -0.2) is 0 Å².